The summed E-state index contributed by atoms with van der Waals surface area (Å²) in [6.45, 7) is 1.30. The number of nitro groups is 1. The van der Waals surface area contributed by atoms with Crippen molar-refractivity contribution in [2.75, 3.05) is 6.61 Å². The van der Waals surface area contributed by atoms with Crippen LogP contribution >= 0.6 is 0 Å². The van der Waals surface area contributed by atoms with Crippen LogP contribution < -0.4 is 4.74 Å². The minimum absolute atomic E-state index is 0.123. The number of ether oxygens (including phenoxy) is 2. The van der Waals surface area contributed by atoms with Crippen molar-refractivity contribution in [3.63, 3.8) is 0 Å². The average molecular weight is 304 g/mol. The van der Waals surface area contributed by atoms with Gasteiger partial charge >= 0.3 is 12.3 Å². The Kier molecular flexibility index (Phi) is 4.70. The van der Waals surface area contributed by atoms with Crippen LogP contribution in [0.15, 0.2) is 12.1 Å². The van der Waals surface area contributed by atoms with Crippen molar-refractivity contribution in [2.24, 2.45) is 0 Å². The van der Waals surface area contributed by atoms with E-state index in [-0.39, 0.29) is 6.61 Å². The van der Waals surface area contributed by atoms with Crippen LogP contribution in [0.4, 0.5) is 18.9 Å². The molecule has 0 aliphatic rings. The number of hydrogen-bond acceptors (Lipinski definition) is 6. The zero-order valence-corrected chi connectivity index (χ0v) is 10.4. The highest BCUT2D eigenvalue weighted by atomic mass is 19.4. The van der Waals surface area contributed by atoms with E-state index in [0.29, 0.717) is 12.1 Å². The van der Waals surface area contributed by atoms with Gasteiger partial charge in [-0.1, -0.05) is 0 Å². The molecule has 0 aliphatic carbocycles. The van der Waals surface area contributed by atoms with E-state index in [9.17, 15) is 28.1 Å². The van der Waals surface area contributed by atoms with Gasteiger partial charge in [0.15, 0.2) is 5.56 Å². The van der Waals surface area contributed by atoms with Gasteiger partial charge in [-0.2, -0.15) is 5.26 Å². The Bertz CT molecular complexity index is 622. The molecule has 112 valence electrons. The second-order valence-corrected chi connectivity index (χ2v) is 3.50. The summed E-state index contributed by atoms with van der Waals surface area (Å²) in [5.74, 6) is -2.15. The van der Waals surface area contributed by atoms with E-state index >= 15 is 0 Å². The van der Waals surface area contributed by atoms with Crippen LogP contribution in [0.25, 0.3) is 0 Å². The van der Waals surface area contributed by atoms with Gasteiger partial charge in [-0.25, -0.2) is 4.79 Å². The first-order valence-electron chi connectivity index (χ1n) is 5.35. The molecule has 1 rings (SSSR count). The Morgan fingerprint density at radius 1 is 1.48 bits per heavy atom. The highest BCUT2D eigenvalue weighted by molar-refractivity contribution is 5.97. The van der Waals surface area contributed by atoms with Crippen molar-refractivity contribution in [3.05, 3.63) is 33.4 Å². The molecule has 0 N–H and O–H groups in total. The number of benzene rings is 1. The second kappa shape index (κ2) is 6.08. The van der Waals surface area contributed by atoms with Gasteiger partial charge in [-0.05, 0) is 13.0 Å². The minimum atomic E-state index is -5.09. The van der Waals surface area contributed by atoms with Crippen molar-refractivity contribution in [2.45, 2.75) is 13.3 Å². The molecule has 1 aromatic carbocycles. The third-order valence-corrected chi connectivity index (χ3v) is 2.12. The maximum atomic E-state index is 12.1. The van der Waals surface area contributed by atoms with E-state index in [4.69, 9.17) is 5.26 Å². The van der Waals surface area contributed by atoms with E-state index in [0.717, 1.165) is 0 Å². The molecular weight excluding hydrogens is 297 g/mol. The lowest BCUT2D eigenvalue weighted by molar-refractivity contribution is -0.385. The fourth-order valence-corrected chi connectivity index (χ4v) is 1.44. The number of halogens is 3. The molecule has 0 fully saturated rings. The van der Waals surface area contributed by atoms with Gasteiger partial charge < -0.3 is 9.47 Å². The fraction of sp³-hybridized carbons (Fsp3) is 0.273. The van der Waals surface area contributed by atoms with Crippen molar-refractivity contribution in [1.82, 2.24) is 0 Å². The van der Waals surface area contributed by atoms with Crippen LogP contribution in [-0.2, 0) is 4.74 Å². The number of nitro benzene ring substituents is 1. The summed E-state index contributed by atoms with van der Waals surface area (Å²) in [7, 11) is 0. The van der Waals surface area contributed by atoms with Gasteiger partial charge in [-0.15, -0.1) is 13.2 Å². The summed E-state index contributed by atoms with van der Waals surface area (Å²) in [4.78, 5) is 21.4. The summed E-state index contributed by atoms with van der Waals surface area (Å²) in [5, 5.41) is 19.7. The van der Waals surface area contributed by atoms with Crippen molar-refractivity contribution in [3.8, 4) is 11.8 Å². The summed E-state index contributed by atoms with van der Waals surface area (Å²) in [6, 6.07) is 2.38. The number of hydrogen-bond donors (Lipinski definition) is 0. The lowest BCUT2D eigenvalue weighted by Gasteiger charge is -2.11. The van der Waals surface area contributed by atoms with Gasteiger partial charge in [-0.3, -0.25) is 10.1 Å². The molecular formula is C11H7F3N2O5. The van der Waals surface area contributed by atoms with Crippen LogP contribution in [-0.4, -0.2) is 23.9 Å². The number of rotatable bonds is 4. The van der Waals surface area contributed by atoms with Crippen LogP contribution in [0.3, 0.4) is 0 Å². The largest absolute Gasteiger partial charge is 0.573 e. The molecule has 0 atom stereocenters. The predicted molar refractivity (Wildman–Crippen MR) is 60.5 cm³/mol. The third kappa shape index (κ3) is 4.07. The Hall–Kier alpha value is -2.83. The number of carbonyl (C=O) groups is 1. The van der Waals surface area contributed by atoms with Gasteiger partial charge in [0.05, 0.1) is 23.2 Å². The third-order valence-electron chi connectivity index (χ3n) is 2.12. The van der Waals surface area contributed by atoms with Gasteiger partial charge in [0, 0.05) is 0 Å². The molecule has 0 aliphatic heterocycles. The van der Waals surface area contributed by atoms with E-state index in [1.54, 1.807) is 0 Å². The molecule has 0 amide bonds. The molecule has 10 heteroatoms. The Labute approximate surface area is 115 Å². The summed E-state index contributed by atoms with van der Waals surface area (Å²) in [6.07, 6.45) is -5.09. The van der Waals surface area contributed by atoms with Crippen LogP contribution in [0, 0.1) is 21.4 Å². The fourth-order valence-electron chi connectivity index (χ4n) is 1.44. The maximum Gasteiger partial charge on any atom is 0.573 e. The summed E-state index contributed by atoms with van der Waals surface area (Å²) in [5.41, 5.74) is -2.38. The van der Waals surface area contributed by atoms with Crippen molar-refractivity contribution in [1.29, 1.82) is 5.26 Å². The monoisotopic (exact) mass is 304 g/mol. The normalized spacial score (nSPS) is 10.6. The van der Waals surface area contributed by atoms with E-state index < -0.39 is 39.8 Å². The maximum absolute atomic E-state index is 12.1. The van der Waals surface area contributed by atoms with Crippen LogP contribution in [0.5, 0.6) is 5.75 Å². The quantitative estimate of drug-likeness (QED) is 0.481. The highest BCUT2D eigenvalue weighted by Gasteiger charge is 2.34. The molecule has 0 radical (unpaired) electrons. The Morgan fingerprint density at radius 3 is 2.52 bits per heavy atom. The van der Waals surface area contributed by atoms with Gasteiger partial charge in [0.1, 0.15) is 11.8 Å². The Morgan fingerprint density at radius 2 is 2.10 bits per heavy atom. The topological polar surface area (TPSA) is 102 Å². The zero-order chi connectivity index (χ0) is 16.2. The molecule has 0 saturated carbocycles. The van der Waals surface area contributed by atoms with E-state index in [1.807, 2.05) is 0 Å². The van der Waals surface area contributed by atoms with Gasteiger partial charge in [0.25, 0.3) is 5.69 Å². The molecule has 0 heterocycles. The first-order valence-corrected chi connectivity index (χ1v) is 5.35. The van der Waals surface area contributed by atoms with Gasteiger partial charge in [0.2, 0.25) is 0 Å². The molecule has 0 bridgehead atoms. The van der Waals surface area contributed by atoms with Crippen LogP contribution in [0.1, 0.15) is 22.8 Å². The SMILES string of the molecule is CCOC(=O)c1c(C#N)cc(OC(F)(F)F)cc1[N+](=O)[O-]. The minimum Gasteiger partial charge on any atom is -0.462 e. The first kappa shape index (κ1) is 16.2. The number of carbonyl (C=O) groups excluding carboxylic acids is 1. The van der Waals surface area contributed by atoms with Crippen molar-refractivity contribution >= 4 is 11.7 Å². The number of esters is 1. The molecule has 1 aromatic rings. The number of alkyl halides is 3. The summed E-state index contributed by atoms with van der Waals surface area (Å²) < 4.78 is 44.4. The summed E-state index contributed by atoms with van der Waals surface area (Å²) >= 11 is 0. The zero-order valence-electron chi connectivity index (χ0n) is 10.4. The molecule has 21 heavy (non-hydrogen) atoms. The van der Waals surface area contributed by atoms with E-state index in [1.165, 1.54) is 13.0 Å². The van der Waals surface area contributed by atoms with E-state index in [2.05, 4.69) is 9.47 Å². The first-order chi connectivity index (χ1) is 9.69. The predicted octanol–water partition coefficient (Wildman–Crippen LogP) is 2.54. The standard InChI is InChI=1S/C11H7F3N2O5/c1-2-20-10(17)9-6(5-15)3-7(21-11(12,13)14)4-8(9)16(18)19/h3-4H,2H2,1H3. The molecule has 0 saturated heterocycles. The van der Waals surface area contributed by atoms with Crippen molar-refractivity contribution < 1.29 is 32.4 Å². The molecule has 0 unspecified atom stereocenters. The second-order valence-electron chi connectivity index (χ2n) is 3.50. The number of nitrogens with zero attached hydrogens (tertiary/aromatic N) is 2. The number of nitriles is 1. The molecule has 0 aromatic heterocycles. The molecule has 7 nitrogen and oxygen atoms in total. The average Bonchev–Trinajstić information content (AvgIpc) is 2.35. The lowest BCUT2D eigenvalue weighted by Crippen LogP contribution is -2.18. The smallest absolute Gasteiger partial charge is 0.462 e. The lowest BCUT2D eigenvalue weighted by atomic mass is 10.1. The highest BCUT2D eigenvalue weighted by Crippen LogP contribution is 2.32. The van der Waals surface area contributed by atoms with Crippen LogP contribution in [0.2, 0.25) is 0 Å². The Balaban J connectivity index is 3.47. The molecule has 0 spiro atoms.